The lowest BCUT2D eigenvalue weighted by atomic mass is 10.4. The minimum atomic E-state index is -2.54. The van der Waals surface area contributed by atoms with Crippen LogP contribution in [0.3, 0.4) is 0 Å². The summed E-state index contributed by atoms with van der Waals surface area (Å²) in [6, 6.07) is 3.73. The van der Waals surface area contributed by atoms with Gasteiger partial charge in [0.2, 0.25) is 0 Å². The van der Waals surface area contributed by atoms with Crippen LogP contribution in [0.4, 0.5) is 8.78 Å². The van der Waals surface area contributed by atoms with E-state index in [9.17, 15) is 8.78 Å². The molecule has 0 atom stereocenters. The standard InChI is InChI=1S/C8H6F2N2OS2/c1-4-2-3-5(14-4)6-11-12-8(13-6)15-7(9)10/h2-3,7H,1H3. The molecule has 7 heteroatoms. The second-order valence-electron chi connectivity index (χ2n) is 2.66. The molecular weight excluding hydrogens is 242 g/mol. The van der Waals surface area contributed by atoms with E-state index in [4.69, 9.17) is 4.42 Å². The summed E-state index contributed by atoms with van der Waals surface area (Å²) in [6.45, 7) is 1.94. The van der Waals surface area contributed by atoms with Crippen molar-refractivity contribution in [3.05, 3.63) is 17.0 Å². The Labute approximate surface area is 92.5 Å². The van der Waals surface area contributed by atoms with Crippen molar-refractivity contribution in [2.75, 3.05) is 0 Å². The summed E-state index contributed by atoms with van der Waals surface area (Å²) in [5.74, 6) is -2.25. The van der Waals surface area contributed by atoms with Gasteiger partial charge in [-0.05, 0) is 19.1 Å². The highest BCUT2D eigenvalue weighted by molar-refractivity contribution is 7.99. The molecule has 0 aromatic carbocycles. The lowest BCUT2D eigenvalue weighted by Crippen LogP contribution is -1.80. The molecule has 2 aromatic rings. The smallest absolute Gasteiger partial charge is 0.293 e. The lowest BCUT2D eigenvalue weighted by molar-refractivity contribution is 0.249. The maximum Gasteiger partial charge on any atom is 0.293 e. The topological polar surface area (TPSA) is 38.9 Å². The van der Waals surface area contributed by atoms with Crippen LogP contribution in [-0.4, -0.2) is 16.0 Å². The van der Waals surface area contributed by atoms with Gasteiger partial charge in [0.1, 0.15) is 0 Å². The Hall–Kier alpha value is -0.950. The van der Waals surface area contributed by atoms with E-state index in [1.54, 1.807) is 0 Å². The van der Waals surface area contributed by atoms with Crippen molar-refractivity contribution in [1.82, 2.24) is 10.2 Å². The largest absolute Gasteiger partial charge is 0.410 e. The van der Waals surface area contributed by atoms with Crippen LogP contribution in [0.1, 0.15) is 4.88 Å². The molecule has 0 saturated carbocycles. The van der Waals surface area contributed by atoms with Crippen LogP contribution in [0.25, 0.3) is 10.8 Å². The number of aryl methyl sites for hydroxylation is 1. The van der Waals surface area contributed by atoms with Gasteiger partial charge in [-0.3, -0.25) is 0 Å². The molecule has 0 unspecified atom stereocenters. The molecule has 0 amide bonds. The zero-order valence-corrected chi connectivity index (χ0v) is 9.24. The molecule has 0 radical (unpaired) electrons. The number of aromatic nitrogens is 2. The van der Waals surface area contributed by atoms with Gasteiger partial charge in [-0.2, -0.15) is 8.78 Å². The zero-order chi connectivity index (χ0) is 10.8. The number of hydrogen-bond donors (Lipinski definition) is 0. The Morgan fingerprint density at radius 2 is 2.20 bits per heavy atom. The quantitative estimate of drug-likeness (QED) is 0.780. The van der Waals surface area contributed by atoms with Crippen LogP contribution in [0.15, 0.2) is 21.8 Å². The minimum absolute atomic E-state index is 0.106. The Morgan fingerprint density at radius 3 is 2.80 bits per heavy atom. The molecule has 0 aliphatic heterocycles. The molecule has 2 aromatic heterocycles. The van der Waals surface area contributed by atoms with Crippen LogP contribution < -0.4 is 0 Å². The van der Waals surface area contributed by atoms with Crippen LogP contribution in [0, 0.1) is 6.92 Å². The fraction of sp³-hybridized carbons (Fsp3) is 0.250. The first-order valence-electron chi connectivity index (χ1n) is 4.00. The van der Waals surface area contributed by atoms with Crippen LogP contribution in [0.2, 0.25) is 0 Å². The molecule has 2 heterocycles. The van der Waals surface area contributed by atoms with Crippen molar-refractivity contribution in [2.24, 2.45) is 0 Å². The third-order valence-electron chi connectivity index (χ3n) is 1.55. The van der Waals surface area contributed by atoms with Crippen molar-refractivity contribution < 1.29 is 13.2 Å². The summed E-state index contributed by atoms with van der Waals surface area (Å²) < 4.78 is 29.0. The summed E-state index contributed by atoms with van der Waals surface area (Å²) in [5.41, 5.74) is 0. The first-order valence-corrected chi connectivity index (χ1v) is 5.70. The van der Waals surface area contributed by atoms with E-state index in [2.05, 4.69) is 10.2 Å². The van der Waals surface area contributed by atoms with Crippen molar-refractivity contribution in [3.8, 4) is 10.8 Å². The maximum absolute atomic E-state index is 12.0. The van der Waals surface area contributed by atoms with E-state index < -0.39 is 5.76 Å². The summed E-state index contributed by atoms with van der Waals surface area (Å²) in [6.07, 6.45) is 0. The Kier molecular flexibility index (Phi) is 3.01. The van der Waals surface area contributed by atoms with Crippen molar-refractivity contribution in [1.29, 1.82) is 0 Å². The number of nitrogens with zero attached hydrogens (tertiary/aromatic N) is 2. The molecule has 0 bridgehead atoms. The highest BCUT2D eigenvalue weighted by Gasteiger charge is 2.14. The highest BCUT2D eigenvalue weighted by atomic mass is 32.2. The average molecular weight is 248 g/mol. The van der Waals surface area contributed by atoms with Crippen molar-refractivity contribution >= 4 is 23.1 Å². The van der Waals surface area contributed by atoms with Gasteiger partial charge in [0.05, 0.1) is 4.88 Å². The molecule has 2 rings (SSSR count). The van der Waals surface area contributed by atoms with E-state index in [1.165, 1.54) is 11.3 Å². The molecule has 0 fully saturated rings. The fourth-order valence-electron chi connectivity index (χ4n) is 0.983. The highest BCUT2D eigenvalue weighted by Crippen LogP contribution is 2.30. The number of hydrogen-bond acceptors (Lipinski definition) is 5. The normalized spacial score (nSPS) is 11.2. The molecular formula is C8H6F2N2OS2. The molecule has 0 aliphatic rings. The zero-order valence-electron chi connectivity index (χ0n) is 7.61. The van der Waals surface area contributed by atoms with Gasteiger partial charge >= 0.3 is 0 Å². The summed E-state index contributed by atoms with van der Waals surface area (Å²) in [7, 11) is 0. The monoisotopic (exact) mass is 248 g/mol. The van der Waals surface area contributed by atoms with E-state index in [-0.39, 0.29) is 22.9 Å². The first-order chi connectivity index (χ1) is 7.15. The number of alkyl halides is 2. The lowest BCUT2D eigenvalue weighted by Gasteiger charge is -1.90. The Morgan fingerprint density at radius 1 is 1.40 bits per heavy atom. The predicted molar refractivity (Wildman–Crippen MR) is 54.2 cm³/mol. The van der Waals surface area contributed by atoms with Crippen molar-refractivity contribution in [3.63, 3.8) is 0 Å². The van der Waals surface area contributed by atoms with Gasteiger partial charge in [0, 0.05) is 16.6 Å². The first kappa shape index (κ1) is 10.6. The number of halogens is 2. The maximum atomic E-state index is 12.0. The third-order valence-corrected chi connectivity index (χ3v) is 3.08. The van der Waals surface area contributed by atoms with Crippen LogP contribution in [-0.2, 0) is 0 Å². The van der Waals surface area contributed by atoms with Crippen molar-refractivity contribution in [2.45, 2.75) is 17.9 Å². The molecule has 15 heavy (non-hydrogen) atoms. The molecule has 0 N–H and O–H groups in total. The Bertz CT molecular complexity index is 455. The molecule has 3 nitrogen and oxygen atoms in total. The SMILES string of the molecule is Cc1ccc(-c2nnc(SC(F)F)o2)s1. The average Bonchev–Trinajstić information content (AvgIpc) is 2.72. The van der Waals surface area contributed by atoms with Gasteiger partial charge in [0.25, 0.3) is 16.9 Å². The summed E-state index contributed by atoms with van der Waals surface area (Å²) >= 11 is 1.73. The summed E-state index contributed by atoms with van der Waals surface area (Å²) in [5, 5.41) is 7.10. The van der Waals surface area contributed by atoms with Gasteiger partial charge in [0.15, 0.2) is 0 Å². The second-order valence-corrected chi connectivity index (χ2v) is 4.89. The van der Waals surface area contributed by atoms with E-state index >= 15 is 0 Å². The van der Waals surface area contributed by atoms with E-state index in [0.717, 1.165) is 9.75 Å². The second kappa shape index (κ2) is 4.28. The van der Waals surface area contributed by atoms with E-state index in [1.807, 2.05) is 19.1 Å². The molecule has 0 spiro atoms. The predicted octanol–water partition coefficient (Wildman–Crippen LogP) is 3.42. The molecule has 0 saturated heterocycles. The third kappa shape index (κ3) is 2.54. The minimum Gasteiger partial charge on any atom is -0.410 e. The van der Waals surface area contributed by atoms with Crippen LogP contribution in [0.5, 0.6) is 0 Å². The van der Waals surface area contributed by atoms with Crippen LogP contribution >= 0.6 is 23.1 Å². The number of rotatable bonds is 3. The number of thioether (sulfide) groups is 1. The van der Waals surface area contributed by atoms with Gasteiger partial charge in [-0.15, -0.1) is 21.5 Å². The summed E-state index contributed by atoms with van der Waals surface area (Å²) in [4.78, 5) is 1.90. The molecule has 0 aliphatic carbocycles. The number of thiophene rings is 1. The van der Waals surface area contributed by atoms with Gasteiger partial charge < -0.3 is 4.42 Å². The molecule has 80 valence electrons. The van der Waals surface area contributed by atoms with E-state index in [0.29, 0.717) is 0 Å². The van der Waals surface area contributed by atoms with Gasteiger partial charge in [-0.25, -0.2) is 0 Å². The van der Waals surface area contributed by atoms with Gasteiger partial charge in [-0.1, -0.05) is 0 Å². The fourth-order valence-corrected chi connectivity index (χ4v) is 2.14. The Balaban J connectivity index is 2.20.